The molecule has 15 heavy (non-hydrogen) atoms. The molecule has 0 amide bonds. The lowest BCUT2D eigenvalue weighted by atomic mass is 9.80. The highest BCUT2D eigenvalue weighted by atomic mass is 79.9. The number of rotatable bonds is 4. The van der Waals surface area contributed by atoms with Gasteiger partial charge < -0.3 is 4.74 Å². The molecule has 0 radical (unpaired) electrons. The van der Waals surface area contributed by atoms with Gasteiger partial charge in [-0.3, -0.25) is 0 Å². The Kier molecular flexibility index (Phi) is 4.11. The number of halogens is 1. The van der Waals surface area contributed by atoms with E-state index >= 15 is 0 Å². The molecule has 0 saturated heterocycles. The van der Waals surface area contributed by atoms with Crippen LogP contribution in [0.3, 0.4) is 0 Å². The molecule has 0 bridgehead atoms. The minimum Gasteiger partial charge on any atom is -0.374 e. The average Bonchev–Trinajstić information content (AvgIpc) is 2.19. The van der Waals surface area contributed by atoms with Crippen LogP contribution in [-0.2, 0) is 4.74 Å². The molecule has 1 nitrogen and oxygen atoms in total. The first-order chi connectivity index (χ1) is 7.24. The monoisotopic (exact) mass is 274 g/mol. The Bertz CT molecular complexity index is 193. The highest BCUT2D eigenvalue weighted by Crippen LogP contribution is 2.37. The van der Waals surface area contributed by atoms with E-state index in [0.717, 1.165) is 23.8 Å². The van der Waals surface area contributed by atoms with Crippen LogP contribution in [0.15, 0.2) is 0 Å². The summed E-state index contributed by atoms with van der Waals surface area (Å²) in [7, 11) is 0. The van der Waals surface area contributed by atoms with Crippen LogP contribution in [0.5, 0.6) is 0 Å². The maximum Gasteiger partial charge on any atom is 0.0779 e. The molecule has 2 fully saturated rings. The van der Waals surface area contributed by atoms with Gasteiger partial charge in [0.2, 0.25) is 0 Å². The first kappa shape index (κ1) is 11.9. The van der Waals surface area contributed by atoms with E-state index in [2.05, 4.69) is 22.9 Å². The molecule has 2 heteroatoms. The van der Waals surface area contributed by atoms with Crippen LogP contribution < -0.4 is 0 Å². The molecular formula is C13H23BrO. The summed E-state index contributed by atoms with van der Waals surface area (Å²) in [4.78, 5) is 0. The van der Waals surface area contributed by atoms with Crippen LogP contribution in [0.1, 0.15) is 51.9 Å². The van der Waals surface area contributed by atoms with Crippen LogP contribution in [0.25, 0.3) is 0 Å². The minimum atomic E-state index is 0.183. The Morgan fingerprint density at radius 2 is 1.87 bits per heavy atom. The van der Waals surface area contributed by atoms with E-state index in [1.165, 1.54) is 44.9 Å². The van der Waals surface area contributed by atoms with Gasteiger partial charge in [0.1, 0.15) is 0 Å². The Labute approximate surface area is 102 Å². The largest absolute Gasteiger partial charge is 0.374 e. The second-order valence-electron chi connectivity index (χ2n) is 5.61. The Morgan fingerprint density at radius 3 is 2.33 bits per heavy atom. The third-order valence-electron chi connectivity index (χ3n) is 4.28. The van der Waals surface area contributed by atoms with Crippen molar-refractivity contribution in [1.82, 2.24) is 0 Å². The van der Waals surface area contributed by atoms with Gasteiger partial charge in [-0.1, -0.05) is 29.3 Å². The molecule has 0 aromatic rings. The molecule has 0 N–H and O–H groups in total. The van der Waals surface area contributed by atoms with E-state index < -0.39 is 0 Å². The van der Waals surface area contributed by atoms with E-state index in [1.54, 1.807) is 0 Å². The van der Waals surface area contributed by atoms with Crippen molar-refractivity contribution in [1.29, 1.82) is 0 Å². The summed E-state index contributed by atoms with van der Waals surface area (Å²) in [5.74, 6) is 1.78. The standard InChI is InChI=1S/C13H23BrO/c1-11-5-7-13(10-14,8-6-11)15-9-12-3-2-4-12/h11-12H,2-10H2,1H3. The lowest BCUT2D eigenvalue weighted by molar-refractivity contribution is -0.0810. The smallest absolute Gasteiger partial charge is 0.0779 e. The zero-order valence-corrected chi connectivity index (χ0v) is 11.4. The fraction of sp³-hybridized carbons (Fsp3) is 1.00. The van der Waals surface area contributed by atoms with Gasteiger partial charge in [0.25, 0.3) is 0 Å². The van der Waals surface area contributed by atoms with E-state index in [0.29, 0.717) is 0 Å². The van der Waals surface area contributed by atoms with E-state index in [4.69, 9.17) is 4.74 Å². The van der Waals surface area contributed by atoms with E-state index in [1.807, 2.05) is 0 Å². The van der Waals surface area contributed by atoms with E-state index in [9.17, 15) is 0 Å². The third-order valence-corrected chi connectivity index (χ3v) is 5.30. The van der Waals surface area contributed by atoms with Crippen molar-refractivity contribution in [3.8, 4) is 0 Å². The Balaban J connectivity index is 1.79. The molecule has 0 aromatic carbocycles. The molecule has 0 unspecified atom stereocenters. The van der Waals surface area contributed by atoms with Crippen molar-refractivity contribution < 1.29 is 4.74 Å². The summed E-state index contributed by atoms with van der Waals surface area (Å²) in [6.07, 6.45) is 9.42. The molecule has 2 rings (SSSR count). The van der Waals surface area contributed by atoms with Crippen molar-refractivity contribution in [2.45, 2.75) is 57.5 Å². The molecule has 0 spiro atoms. The summed E-state index contributed by atoms with van der Waals surface area (Å²) >= 11 is 3.65. The normalized spacial score (nSPS) is 37.6. The Hall–Kier alpha value is 0.440. The first-order valence-electron chi connectivity index (χ1n) is 6.44. The van der Waals surface area contributed by atoms with Crippen LogP contribution in [-0.4, -0.2) is 17.5 Å². The minimum absolute atomic E-state index is 0.183. The molecule has 2 aliphatic rings. The lowest BCUT2D eigenvalue weighted by Crippen LogP contribution is -2.40. The topological polar surface area (TPSA) is 9.23 Å². The predicted octanol–water partition coefficient (Wildman–Crippen LogP) is 4.15. The fourth-order valence-corrected chi connectivity index (χ4v) is 3.28. The van der Waals surface area contributed by atoms with Gasteiger partial charge >= 0.3 is 0 Å². The second-order valence-corrected chi connectivity index (χ2v) is 6.17. The predicted molar refractivity (Wildman–Crippen MR) is 67.5 cm³/mol. The summed E-state index contributed by atoms with van der Waals surface area (Å²) in [5.41, 5.74) is 0.183. The molecule has 0 heterocycles. The van der Waals surface area contributed by atoms with Gasteiger partial charge in [0.15, 0.2) is 0 Å². The molecule has 0 aliphatic heterocycles. The van der Waals surface area contributed by atoms with Crippen LogP contribution in [0.2, 0.25) is 0 Å². The SMILES string of the molecule is CC1CCC(CBr)(OCC2CCC2)CC1. The zero-order valence-electron chi connectivity index (χ0n) is 9.80. The van der Waals surface area contributed by atoms with Gasteiger partial charge in [-0.25, -0.2) is 0 Å². The van der Waals surface area contributed by atoms with Crippen LogP contribution in [0, 0.1) is 11.8 Å². The number of hydrogen-bond acceptors (Lipinski definition) is 1. The van der Waals surface area contributed by atoms with Crippen molar-refractivity contribution in [2.75, 3.05) is 11.9 Å². The van der Waals surface area contributed by atoms with Crippen molar-refractivity contribution in [2.24, 2.45) is 11.8 Å². The van der Waals surface area contributed by atoms with Crippen LogP contribution in [0.4, 0.5) is 0 Å². The second kappa shape index (κ2) is 5.18. The first-order valence-corrected chi connectivity index (χ1v) is 7.56. The fourth-order valence-electron chi connectivity index (χ4n) is 2.56. The number of hydrogen-bond donors (Lipinski definition) is 0. The molecule has 2 aliphatic carbocycles. The van der Waals surface area contributed by atoms with Crippen molar-refractivity contribution in [3.05, 3.63) is 0 Å². The van der Waals surface area contributed by atoms with E-state index in [-0.39, 0.29) is 5.60 Å². The summed E-state index contributed by atoms with van der Waals surface area (Å²) in [5, 5.41) is 1.03. The highest BCUT2D eigenvalue weighted by Gasteiger charge is 2.35. The quantitative estimate of drug-likeness (QED) is 0.700. The summed E-state index contributed by atoms with van der Waals surface area (Å²) in [6, 6.07) is 0. The number of ether oxygens (including phenoxy) is 1. The van der Waals surface area contributed by atoms with Gasteiger partial charge in [0.05, 0.1) is 12.2 Å². The summed E-state index contributed by atoms with van der Waals surface area (Å²) < 4.78 is 6.23. The van der Waals surface area contributed by atoms with Crippen molar-refractivity contribution in [3.63, 3.8) is 0 Å². The lowest BCUT2D eigenvalue weighted by Gasteiger charge is -2.40. The number of alkyl halides is 1. The molecule has 2 saturated carbocycles. The van der Waals surface area contributed by atoms with Gasteiger partial charge in [-0.2, -0.15) is 0 Å². The van der Waals surface area contributed by atoms with Crippen molar-refractivity contribution >= 4 is 15.9 Å². The molecule has 0 atom stereocenters. The highest BCUT2D eigenvalue weighted by molar-refractivity contribution is 9.09. The van der Waals surface area contributed by atoms with Gasteiger partial charge in [-0.05, 0) is 50.4 Å². The molecular weight excluding hydrogens is 252 g/mol. The van der Waals surface area contributed by atoms with Gasteiger partial charge in [-0.15, -0.1) is 0 Å². The maximum atomic E-state index is 6.23. The van der Waals surface area contributed by atoms with Gasteiger partial charge in [0, 0.05) is 5.33 Å². The Morgan fingerprint density at radius 1 is 1.20 bits per heavy atom. The maximum absolute atomic E-state index is 6.23. The molecule has 0 aromatic heterocycles. The van der Waals surface area contributed by atoms with Crippen LogP contribution >= 0.6 is 15.9 Å². The molecule has 88 valence electrons. The zero-order chi connectivity index (χ0) is 10.7. The summed E-state index contributed by atoms with van der Waals surface area (Å²) in [6.45, 7) is 3.38. The average molecular weight is 275 g/mol. The third kappa shape index (κ3) is 2.97.